The molecule has 2 aliphatic heterocycles. The quantitative estimate of drug-likeness (QED) is 0.134. The third-order valence-corrected chi connectivity index (χ3v) is 8.32. The number of amidine groups is 1. The van der Waals surface area contributed by atoms with Crippen LogP contribution in [0.5, 0.6) is 5.75 Å². The number of carbonyl (C=O) groups is 1. The fourth-order valence-electron chi connectivity index (χ4n) is 5.09. The molecule has 1 amide bonds. The van der Waals surface area contributed by atoms with Gasteiger partial charge >= 0.3 is 0 Å². The van der Waals surface area contributed by atoms with Crippen molar-refractivity contribution in [1.29, 1.82) is 0 Å². The van der Waals surface area contributed by atoms with E-state index in [1.54, 1.807) is 19.1 Å². The third-order valence-electron chi connectivity index (χ3n) is 7.19. The highest BCUT2D eigenvalue weighted by molar-refractivity contribution is 7.10. The summed E-state index contributed by atoms with van der Waals surface area (Å²) in [5.41, 5.74) is 10.6. The number of H-pyrrole nitrogens is 1. The first-order valence-electron chi connectivity index (χ1n) is 13.6. The van der Waals surface area contributed by atoms with Crippen molar-refractivity contribution in [2.45, 2.75) is 39.1 Å². The minimum Gasteiger partial charge on any atom is -0.506 e. The van der Waals surface area contributed by atoms with Crippen LogP contribution in [-0.4, -0.2) is 75.5 Å². The maximum atomic E-state index is 13.6. The second-order valence-electron chi connectivity index (χ2n) is 10.1. The molecule has 228 valence electrons. The lowest BCUT2D eigenvalue weighted by Crippen LogP contribution is -2.38. The molecule has 2 atom stereocenters. The zero-order valence-electron chi connectivity index (χ0n) is 23.9. The monoisotopic (exact) mass is 628 g/mol. The van der Waals surface area contributed by atoms with E-state index in [4.69, 9.17) is 26.8 Å². The Kier molecular flexibility index (Phi) is 9.42. The number of aromatic nitrogens is 3. The van der Waals surface area contributed by atoms with Gasteiger partial charge < -0.3 is 35.8 Å². The van der Waals surface area contributed by atoms with Gasteiger partial charge in [0.05, 0.1) is 41.9 Å². The summed E-state index contributed by atoms with van der Waals surface area (Å²) in [5.74, 6) is 0.0639. The van der Waals surface area contributed by atoms with Gasteiger partial charge in [0, 0.05) is 37.8 Å². The van der Waals surface area contributed by atoms with Gasteiger partial charge in [-0.1, -0.05) is 11.6 Å². The molecular weight excluding hydrogens is 596 g/mol. The topological polar surface area (TPSA) is 180 Å². The maximum Gasteiger partial charge on any atom is 0.271 e. The highest BCUT2D eigenvalue weighted by Gasteiger charge is 2.38. The Balaban J connectivity index is 1.33. The van der Waals surface area contributed by atoms with Crippen LogP contribution in [0.4, 0.5) is 10.7 Å². The molecule has 13 nitrogen and oxygen atoms in total. The number of hydrogen-bond acceptors (Lipinski definition) is 11. The van der Waals surface area contributed by atoms with Gasteiger partial charge in [-0.25, -0.2) is 9.97 Å². The third kappa shape index (κ3) is 6.43. The van der Waals surface area contributed by atoms with Crippen molar-refractivity contribution >= 4 is 51.1 Å². The first-order valence-corrected chi connectivity index (χ1v) is 14.9. The molecule has 0 saturated carbocycles. The van der Waals surface area contributed by atoms with Crippen LogP contribution >= 0.6 is 23.1 Å². The fraction of sp³-hybridized carbons (Fsp3) is 0.393. The number of nitrogens with two attached hydrogens (primary N) is 1. The molecule has 3 aromatic rings. The molecular formula is C28H33ClN8O5S. The number of halogens is 1. The molecule has 0 aliphatic carbocycles. The summed E-state index contributed by atoms with van der Waals surface area (Å²) in [6, 6.07) is 4.48. The average molecular weight is 629 g/mol. The van der Waals surface area contributed by atoms with Crippen molar-refractivity contribution in [2.24, 2.45) is 10.7 Å². The summed E-state index contributed by atoms with van der Waals surface area (Å²) in [6.07, 6.45) is -0.0361. The van der Waals surface area contributed by atoms with Crippen LogP contribution in [0.15, 0.2) is 33.5 Å². The smallest absolute Gasteiger partial charge is 0.271 e. The number of fused-ring (bicyclic) bond motifs is 1. The van der Waals surface area contributed by atoms with Gasteiger partial charge in [0.25, 0.3) is 11.5 Å². The lowest BCUT2D eigenvalue weighted by atomic mass is 10.1. The Morgan fingerprint density at radius 1 is 1.42 bits per heavy atom. The van der Waals surface area contributed by atoms with E-state index in [0.717, 1.165) is 30.2 Å². The standard InChI is InChI=1S/C28H33ClN8O5S/c1-14(11-29)23-21-19(33-15(2)34-23)13-37(28(21)41-3)27(40)16-4-5-18(20(38)10-16)35-26-22(25(39)36-43-26)24(30)32-7-6-17-12-31-8-9-42-17/h4-5,10-11,17,28,31,35,38H,6-9,12-13H2,1-3H3,(H2,30,32)(H,36,39)/b14-11-. The van der Waals surface area contributed by atoms with Gasteiger partial charge in [0.15, 0.2) is 6.23 Å². The summed E-state index contributed by atoms with van der Waals surface area (Å²) in [7, 11) is 1.50. The molecule has 2 aliphatic rings. The number of ether oxygens (including phenoxy) is 2. The van der Waals surface area contributed by atoms with Crippen LogP contribution in [-0.2, 0) is 16.0 Å². The van der Waals surface area contributed by atoms with Gasteiger partial charge in [-0.05, 0) is 55.6 Å². The highest BCUT2D eigenvalue weighted by atomic mass is 35.5. The fourth-order valence-corrected chi connectivity index (χ4v) is 5.95. The van der Waals surface area contributed by atoms with Crippen LogP contribution in [0.25, 0.3) is 5.57 Å². The van der Waals surface area contributed by atoms with Crippen LogP contribution in [0.1, 0.15) is 58.3 Å². The number of morpholine rings is 1. The SMILES string of the molecule is COC1c2c(nc(C)nc2/C(C)=C\Cl)CN1C(=O)c1ccc(Nc2s[nH]c(=O)c2C(N)=NCCC2CNCCO2)c(O)c1. The number of hydrogen-bond donors (Lipinski definition) is 5. The average Bonchev–Trinajstić information content (AvgIpc) is 3.56. The lowest BCUT2D eigenvalue weighted by molar-refractivity contribution is -0.0145. The number of carbonyl (C=O) groups excluding carboxylic acids is 1. The van der Waals surface area contributed by atoms with Crippen molar-refractivity contribution in [2.75, 3.05) is 38.7 Å². The molecule has 5 rings (SSSR count). The second-order valence-corrected chi connectivity index (χ2v) is 11.2. The van der Waals surface area contributed by atoms with E-state index < -0.39 is 11.8 Å². The summed E-state index contributed by atoms with van der Waals surface area (Å²) in [5, 5.41) is 17.6. The van der Waals surface area contributed by atoms with E-state index in [0.29, 0.717) is 47.3 Å². The molecule has 43 heavy (non-hydrogen) atoms. The maximum absolute atomic E-state index is 13.6. The number of anilines is 2. The van der Waals surface area contributed by atoms with Gasteiger partial charge in [-0.2, -0.15) is 0 Å². The largest absolute Gasteiger partial charge is 0.506 e. The second kappa shape index (κ2) is 13.2. The van der Waals surface area contributed by atoms with Crippen molar-refractivity contribution < 1.29 is 19.4 Å². The summed E-state index contributed by atoms with van der Waals surface area (Å²) >= 11 is 7.01. The van der Waals surface area contributed by atoms with Crippen LogP contribution in [0.2, 0.25) is 0 Å². The summed E-state index contributed by atoms with van der Waals surface area (Å²) in [6.45, 7) is 6.41. The minimum absolute atomic E-state index is 0.0430. The minimum atomic E-state index is -0.743. The molecule has 6 N–H and O–H groups in total. The van der Waals surface area contributed by atoms with E-state index in [1.165, 1.54) is 23.6 Å². The zero-order chi connectivity index (χ0) is 30.7. The number of allylic oxidation sites excluding steroid dienone is 1. The number of aliphatic imine (C=N–C) groups is 1. The number of nitrogens with one attached hydrogen (secondary N) is 3. The Morgan fingerprint density at radius 3 is 2.93 bits per heavy atom. The van der Waals surface area contributed by atoms with Gasteiger partial charge in [-0.3, -0.25) is 19.0 Å². The number of methoxy groups -OCH3 is 1. The van der Waals surface area contributed by atoms with E-state index in [9.17, 15) is 14.7 Å². The van der Waals surface area contributed by atoms with Crippen molar-refractivity contribution in [1.82, 2.24) is 24.6 Å². The Hall–Kier alpha value is -3.82. The van der Waals surface area contributed by atoms with Crippen molar-refractivity contribution in [3.05, 3.63) is 68.0 Å². The highest BCUT2D eigenvalue weighted by Crippen LogP contribution is 2.39. The molecule has 0 radical (unpaired) electrons. The van der Waals surface area contributed by atoms with E-state index >= 15 is 0 Å². The Bertz CT molecular complexity index is 1630. The Labute approximate surface area is 257 Å². The normalized spacial score (nSPS) is 19.0. The number of aryl methyl sites for hydroxylation is 1. The molecule has 2 aromatic heterocycles. The van der Waals surface area contributed by atoms with Gasteiger partial charge in [0.2, 0.25) is 0 Å². The van der Waals surface area contributed by atoms with Crippen molar-refractivity contribution in [3.8, 4) is 5.75 Å². The number of rotatable bonds is 9. The molecule has 2 unspecified atom stereocenters. The number of phenolic OH excluding ortho intramolecular Hbond substituents is 1. The number of aromatic hydroxyl groups is 1. The summed E-state index contributed by atoms with van der Waals surface area (Å²) < 4.78 is 14.0. The Morgan fingerprint density at radius 2 is 2.23 bits per heavy atom. The molecule has 1 fully saturated rings. The van der Waals surface area contributed by atoms with E-state index in [-0.39, 0.29) is 47.0 Å². The number of amides is 1. The van der Waals surface area contributed by atoms with Crippen LogP contribution in [0, 0.1) is 6.92 Å². The van der Waals surface area contributed by atoms with Crippen LogP contribution < -0.4 is 21.9 Å². The van der Waals surface area contributed by atoms with Gasteiger partial charge in [-0.15, -0.1) is 0 Å². The predicted molar refractivity (Wildman–Crippen MR) is 165 cm³/mol. The first kappa shape index (κ1) is 30.6. The van der Waals surface area contributed by atoms with E-state index in [1.807, 2.05) is 6.92 Å². The predicted octanol–water partition coefficient (Wildman–Crippen LogP) is 2.97. The zero-order valence-corrected chi connectivity index (χ0v) is 25.5. The number of nitrogens with zero attached hydrogens (tertiary/aromatic N) is 4. The van der Waals surface area contributed by atoms with Crippen molar-refractivity contribution in [3.63, 3.8) is 0 Å². The molecule has 0 bridgehead atoms. The number of aromatic amines is 1. The molecule has 4 heterocycles. The number of phenols is 1. The van der Waals surface area contributed by atoms with Crippen LogP contribution in [0.3, 0.4) is 0 Å². The molecule has 1 saturated heterocycles. The molecule has 0 spiro atoms. The van der Waals surface area contributed by atoms with E-state index in [2.05, 4.69) is 30.0 Å². The summed E-state index contributed by atoms with van der Waals surface area (Å²) in [4.78, 5) is 41.1. The number of benzene rings is 1. The first-order chi connectivity index (χ1) is 20.7. The lowest BCUT2D eigenvalue weighted by Gasteiger charge is -2.24. The van der Waals surface area contributed by atoms with Gasteiger partial charge in [0.1, 0.15) is 28.0 Å². The molecule has 15 heteroatoms. The molecule has 1 aromatic carbocycles.